The quantitative estimate of drug-likeness (QED) is 0.813. The van der Waals surface area contributed by atoms with Gasteiger partial charge in [-0.1, -0.05) is 6.07 Å². The minimum Gasteiger partial charge on any atom is -0.370 e. The highest BCUT2D eigenvalue weighted by Gasteiger charge is 2.44. The van der Waals surface area contributed by atoms with E-state index in [1.54, 1.807) is 6.20 Å². The molecule has 2 aliphatic heterocycles. The zero-order valence-electron chi connectivity index (χ0n) is 14.6. The predicted molar refractivity (Wildman–Crippen MR) is 90.5 cm³/mol. The van der Waals surface area contributed by atoms with Crippen LogP contribution in [0.1, 0.15) is 25.0 Å². The molecule has 132 valence electrons. The van der Waals surface area contributed by atoms with Gasteiger partial charge in [0.2, 0.25) is 5.91 Å². The second-order valence-corrected chi connectivity index (χ2v) is 7.11. The number of carbonyl (C=O) groups excluding carboxylic acids is 1. The Morgan fingerprint density at radius 2 is 2.38 bits per heavy atom. The van der Waals surface area contributed by atoms with Gasteiger partial charge in [0, 0.05) is 25.7 Å². The summed E-state index contributed by atoms with van der Waals surface area (Å²) in [6, 6.07) is 5.83. The summed E-state index contributed by atoms with van der Waals surface area (Å²) in [5.41, 5.74) is 0.708. The van der Waals surface area contributed by atoms with E-state index in [4.69, 9.17) is 9.47 Å². The van der Waals surface area contributed by atoms with E-state index < -0.39 is 0 Å². The highest BCUT2D eigenvalue weighted by atomic mass is 16.6. The Morgan fingerprint density at radius 3 is 3.12 bits per heavy atom. The molecule has 3 heterocycles. The van der Waals surface area contributed by atoms with Gasteiger partial charge in [-0.25, -0.2) is 0 Å². The van der Waals surface area contributed by atoms with Crippen molar-refractivity contribution in [2.24, 2.45) is 0 Å². The Hall–Kier alpha value is -1.50. The number of likely N-dealkylation sites (N-methyl/N-ethyl adjacent to an activating group) is 1. The van der Waals surface area contributed by atoms with Crippen LogP contribution < -0.4 is 0 Å². The zero-order valence-corrected chi connectivity index (χ0v) is 14.6. The molecule has 2 fully saturated rings. The summed E-state index contributed by atoms with van der Waals surface area (Å²) in [7, 11) is 3.84. The van der Waals surface area contributed by atoms with Crippen molar-refractivity contribution in [1.82, 2.24) is 14.8 Å². The molecule has 2 atom stereocenters. The average molecular weight is 333 g/mol. The molecule has 6 nitrogen and oxygen atoms in total. The van der Waals surface area contributed by atoms with E-state index in [-0.39, 0.29) is 17.6 Å². The second-order valence-electron chi connectivity index (χ2n) is 7.11. The number of nitrogens with zero attached hydrogens (tertiary/aromatic N) is 3. The molecule has 1 spiro atoms. The summed E-state index contributed by atoms with van der Waals surface area (Å²) in [4.78, 5) is 20.5. The van der Waals surface area contributed by atoms with E-state index in [1.165, 1.54) is 0 Å². The van der Waals surface area contributed by atoms with Gasteiger partial charge in [0.15, 0.2) is 0 Å². The highest BCUT2D eigenvalue weighted by molar-refractivity contribution is 5.78. The van der Waals surface area contributed by atoms with Gasteiger partial charge in [0.25, 0.3) is 0 Å². The summed E-state index contributed by atoms with van der Waals surface area (Å²) in [6.07, 6.45) is 4.71. The van der Waals surface area contributed by atoms with Crippen molar-refractivity contribution in [3.05, 3.63) is 30.1 Å². The Bertz CT molecular complexity index is 552. The molecule has 24 heavy (non-hydrogen) atoms. The van der Waals surface area contributed by atoms with Crippen molar-refractivity contribution in [2.45, 2.75) is 37.6 Å². The molecule has 0 saturated carbocycles. The maximum absolute atomic E-state index is 12.3. The fourth-order valence-corrected chi connectivity index (χ4v) is 3.56. The number of pyridine rings is 1. The first-order valence-corrected chi connectivity index (χ1v) is 8.64. The van der Waals surface area contributed by atoms with Crippen LogP contribution in [0.4, 0.5) is 0 Å². The first-order valence-electron chi connectivity index (χ1n) is 8.64. The smallest absolute Gasteiger partial charge is 0.236 e. The van der Waals surface area contributed by atoms with Crippen LogP contribution in [0.25, 0.3) is 0 Å². The van der Waals surface area contributed by atoms with Crippen molar-refractivity contribution >= 4 is 5.91 Å². The third-order valence-corrected chi connectivity index (χ3v) is 4.71. The molecular formula is C18H27N3O3. The van der Waals surface area contributed by atoms with Crippen LogP contribution in [0.2, 0.25) is 0 Å². The Labute approximate surface area is 143 Å². The molecule has 2 saturated heterocycles. The van der Waals surface area contributed by atoms with E-state index in [0.717, 1.165) is 31.5 Å². The topological polar surface area (TPSA) is 54.9 Å². The SMILES string of the molecule is CN(C)CC(=O)N1CCC[C@]2(C[C@@H](OCc3ccccn3)CO2)C1. The van der Waals surface area contributed by atoms with E-state index in [9.17, 15) is 4.79 Å². The molecule has 6 heteroatoms. The summed E-state index contributed by atoms with van der Waals surface area (Å²) >= 11 is 0. The molecule has 0 aromatic carbocycles. The van der Waals surface area contributed by atoms with Gasteiger partial charge in [-0.05, 0) is 39.1 Å². The van der Waals surface area contributed by atoms with Crippen molar-refractivity contribution in [1.29, 1.82) is 0 Å². The lowest BCUT2D eigenvalue weighted by molar-refractivity contribution is -0.139. The number of hydrogen-bond donors (Lipinski definition) is 0. The summed E-state index contributed by atoms with van der Waals surface area (Å²) < 4.78 is 12.1. The normalized spacial score (nSPS) is 27.1. The molecule has 1 amide bonds. The first kappa shape index (κ1) is 17.3. The number of rotatable bonds is 5. The maximum atomic E-state index is 12.3. The third-order valence-electron chi connectivity index (χ3n) is 4.71. The fourth-order valence-electron chi connectivity index (χ4n) is 3.56. The van der Waals surface area contributed by atoms with E-state index in [2.05, 4.69) is 4.98 Å². The van der Waals surface area contributed by atoms with Crippen LogP contribution >= 0.6 is 0 Å². The Balaban J connectivity index is 1.52. The molecule has 3 rings (SSSR count). The van der Waals surface area contributed by atoms with Gasteiger partial charge in [0.05, 0.1) is 37.2 Å². The standard InChI is InChI=1S/C18H27N3O3/c1-20(2)11-17(22)21-9-5-7-18(14-21)10-16(13-24-18)23-12-15-6-3-4-8-19-15/h3-4,6,8,16H,5,7,9-14H2,1-2H3/t16-,18+/m1/s1. The fraction of sp³-hybridized carbons (Fsp3) is 0.667. The van der Waals surface area contributed by atoms with Gasteiger partial charge >= 0.3 is 0 Å². The lowest BCUT2D eigenvalue weighted by atomic mass is 9.89. The van der Waals surface area contributed by atoms with Gasteiger partial charge in [0.1, 0.15) is 0 Å². The molecule has 1 aromatic heterocycles. The molecule has 0 unspecified atom stereocenters. The number of hydrogen-bond acceptors (Lipinski definition) is 5. The van der Waals surface area contributed by atoms with Crippen LogP contribution in [0.3, 0.4) is 0 Å². The predicted octanol–water partition coefficient (Wildman–Crippen LogP) is 1.31. The molecular weight excluding hydrogens is 306 g/mol. The van der Waals surface area contributed by atoms with Crippen LogP contribution in [0, 0.1) is 0 Å². The van der Waals surface area contributed by atoms with E-state index in [1.807, 2.05) is 42.1 Å². The average Bonchev–Trinajstić information content (AvgIpc) is 2.96. The second kappa shape index (κ2) is 7.59. The number of piperidine rings is 1. The largest absolute Gasteiger partial charge is 0.370 e. The van der Waals surface area contributed by atoms with Gasteiger partial charge < -0.3 is 19.3 Å². The third kappa shape index (κ3) is 4.32. The minimum absolute atomic E-state index is 0.0795. The summed E-state index contributed by atoms with van der Waals surface area (Å²) in [5.74, 6) is 0.181. The van der Waals surface area contributed by atoms with Crippen LogP contribution in [0.5, 0.6) is 0 Å². The van der Waals surface area contributed by atoms with Gasteiger partial charge in [-0.3, -0.25) is 9.78 Å². The Morgan fingerprint density at radius 1 is 1.50 bits per heavy atom. The van der Waals surface area contributed by atoms with E-state index in [0.29, 0.717) is 26.3 Å². The van der Waals surface area contributed by atoms with Crippen LogP contribution in [0.15, 0.2) is 24.4 Å². The van der Waals surface area contributed by atoms with Gasteiger partial charge in [-0.2, -0.15) is 0 Å². The molecule has 0 aliphatic carbocycles. The number of ether oxygens (including phenoxy) is 2. The number of likely N-dealkylation sites (tertiary alicyclic amines) is 1. The maximum Gasteiger partial charge on any atom is 0.236 e. The lowest BCUT2D eigenvalue weighted by Crippen LogP contribution is -2.52. The number of amides is 1. The van der Waals surface area contributed by atoms with E-state index >= 15 is 0 Å². The highest BCUT2D eigenvalue weighted by Crippen LogP contribution is 2.36. The number of aromatic nitrogens is 1. The molecule has 0 radical (unpaired) electrons. The summed E-state index contributed by atoms with van der Waals surface area (Å²) in [6.45, 7) is 3.08. The minimum atomic E-state index is -0.227. The molecule has 1 aromatic rings. The number of carbonyl (C=O) groups is 1. The van der Waals surface area contributed by atoms with Crippen molar-refractivity contribution in [2.75, 3.05) is 40.3 Å². The molecule has 2 aliphatic rings. The molecule has 0 bridgehead atoms. The van der Waals surface area contributed by atoms with Crippen LogP contribution in [-0.4, -0.2) is 72.7 Å². The molecule has 0 N–H and O–H groups in total. The monoisotopic (exact) mass is 333 g/mol. The lowest BCUT2D eigenvalue weighted by Gasteiger charge is -2.40. The van der Waals surface area contributed by atoms with Gasteiger partial charge in [-0.15, -0.1) is 0 Å². The van der Waals surface area contributed by atoms with Crippen LogP contribution in [-0.2, 0) is 20.9 Å². The Kier molecular flexibility index (Phi) is 5.48. The van der Waals surface area contributed by atoms with Crippen molar-refractivity contribution in [3.63, 3.8) is 0 Å². The van der Waals surface area contributed by atoms with Crippen molar-refractivity contribution < 1.29 is 14.3 Å². The van der Waals surface area contributed by atoms with Crippen molar-refractivity contribution in [3.8, 4) is 0 Å². The summed E-state index contributed by atoms with van der Waals surface area (Å²) in [5, 5.41) is 0. The zero-order chi connectivity index (χ0) is 17.0. The first-order chi connectivity index (χ1) is 11.6.